The van der Waals surface area contributed by atoms with Crippen molar-refractivity contribution in [2.24, 2.45) is 5.92 Å². The highest BCUT2D eigenvalue weighted by atomic mass is 15.1. The number of hydrogen-bond acceptors (Lipinski definition) is 1. The van der Waals surface area contributed by atoms with E-state index < -0.39 is 0 Å². The Kier molecular flexibility index (Phi) is 12.7. The molecule has 100 valence electrons. The van der Waals surface area contributed by atoms with Crippen molar-refractivity contribution in [3.63, 3.8) is 0 Å². The summed E-state index contributed by atoms with van der Waals surface area (Å²) in [4.78, 5) is 2.25. The molecule has 0 amide bonds. The van der Waals surface area contributed by atoms with Gasteiger partial charge in [0.15, 0.2) is 0 Å². The van der Waals surface area contributed by atoms with Crippen molar-refractivity contribution in [1.29, 1.82) is 0 Å². The van der Waals surface area contributed by atoms with Gasteiger partial charge in [-0.25, -0.2) is 0 Å². The van der Waals surface area contributed by atoms with Gasteiger partial charge in [-0.3, -0.25) is 0 Å². The van der Waals surface area contributed by atoms with Crippen LogP contribution in [-0.4, -0.2) is 25.5 Å². The molecule has 0 saturated carbocycles. The average Bonchev–Trinajstić information content (AvgIpc) is 2.18. The van der Waals surface area contributed by atoms with Crippen LogP contribution in [0.3, 0.4) is 0 Å². The van der Waals surface area contributed by atoms with E-state index in [9.17, 15) is 0 Å². The van der Waals surface area contributed by atoms with Crippen molar-refractivity contribution in [2.45, 2.75) is 41.0 Å². The average molecular weight is 237 g/mol. The standard InChI is InChI=1S/C8H19N.C7H8.CH4/c1-5-6-8(2)7-9(3)4;1-7-5-3-2-4-6-7;/h8H,5-7H2,1-4H3;2-6H,1H3;1H4. The first-order valence-corrected chi connectivity index (χ1v) is 6.22. The maximum Gasteiger partial charge on any atom is 0.0000918 e. The van der Waals surface area contributed by atoms with Crippen LogP contribution >= 0.6 is 0 Å². The van der Waals surface area contributed by atoms with Gasteiger partial charge in [0.05, 0.1) is 0 Å². The molecule has 0 radical (unpaired) electrons. The highest BCUT2D eigenvalue weighted by Gasteiger charge is 1.99. The largest absolute Gasteiger partial charge is 0.309 e. The third-order valence-corrected chi connectivity index (χ3v) is 2.40. The topological polar surface area (TPSA) is 3.24 Å². The monoisotopic (exact) mass is 237 g/mol. The van der Waals surface area contributed by atoms with Crippen LogP contribution in [0.1, 0.15) is 39.7 Å². The van der Waals surface area contributed by atoms with E-state index in [0.29, 0.717) is 0 Å². The smallest absolute Gasteiger partial charge is 0.0000918 e. The molecule has 1 unspecified atom stereocenters. The SMILES string of the molecule is C.CCCC(C)CN(C)C.Cc1ccccc1. The molecule has 0 N–H and O–H groups in total. The Bertz CT molecular complexity index is 241. The van der Waals surface area contributed by atoms with E-state index in [1.165, 1.54) is 24.9 Å². The van der Waals surface area contributed by atoms with Crippen LogP contribution < -0.4 is 0 Å². The van der Waals surface area contributed by atoms with Crippen LogP contribution in [0.5, 0.6) is 0 Å². The molecule has 0 spiro atoms. The lowest BCUT2D eigenvalue weighted by molar-refractivity contribution is 0.326. The van der Waals surface area contributed by atoms with Crippen molar-refractivity contribution < 1.29 is 0 Å². The maximum absolute atomic E-state index is 2.31. The second-order valence-electron chi connectivity index (χ2n) is 4.81. The fraction of sp³-hybridized carbons (Fsp3) is 0.625. The normalized spacial score (nSPS) is 11.2. The van der Waals surface area contributed by atoms with E-state index in [1.807, 2.05) is 18.2 Å². The highest BCUT2D eigenvalue weighted by molar-refractivity contribution is 5.11. The third-order valence-electron chi connectivity index (χ3n) is 2.40. The second kappa shape index (κ2) is 11.7. The van der Waals surface area contributed by atoms with E-state index in [-0.39, 0.29) is 7.43 Å². The molecule has 0 saturated heterocycles. The first-order chi connectivity index (χ1) is 7.56. The number of rotatable bonds is 4. The molecular weight excluding hydrogens is 206 g/mol. The summed E-state index contributed by atoms with van der Waals surface area (Å²) in [5.41, 5.74) is 1.32. The molecule has 0 fully saturated rings. The Hall–Kier alpha value is -0.820. The van der Waals surface area contributed by atoms with E-state index >= 15 is 0 Å². The number of aryl methyl sites for hydroxylation is 1. The van der Waals surface area contributed by atoms with Gasteiger partial charge in [-0.05, 0) is 33.4 Å². The van der Waals surface area contributed by atoms with Crippen LogP contribution in [0.4, 0.5) is 0 Å². The van der Waals surface area contributed by atoms with E-state index in [0.717, 1.165) is 5.92 Å². The van der Waals surface area contributed by atoms with Crippen LogP contribution in [0.25, 0.3) is 0 Å². The fourth-order valence-corrected chi connectivity index (χ4v) is 1.74. The first kappa shape index (κ1) is 18.5. The summed E-state index contributed by atoms with van der Waals surface area (Å²) in [6, 6.07) is 10.3. The summed E-state index contributed by atoms with van der Waals surface area (Å²) >= 11 is 0. The third kappa shape index (κ3) is 13.1. The summed E-state index contributed by atoms with van der Waals surface area (Å²) < 4.78 is 0. The molecule has 0 bridgehead atoms. The molecule has 1 heteroatoms. The van der Waals surface area contributed by atoms with Gasteiger partial charge >= 0.3 is 0 Å². The Morgan fingerprint density at radius 2 is 1.65 bits per heavy atom. The summed E-state index contributed by atoms with van der Waals surface area (Å²) in [6.45, 7) is 7.86. The molecule has 0 aliphatic heterocycles. The molecule has 0 aliphatic carbocycles. The fourth-order valence-electron chi connectivity index (χ4n) is 1.74. The quantitative estimate of drug-likeness (QED) is 0.739. The van der Waals surface area contributed by atoms with Crippen LogP contribution in [0.15, 0.2) is 30.3 Å². The van der Waals surface area contributed by atoms with E-state index in [4.69, 9.17) is 0 Å². The molecule has 1 aromatic rings. The predicted molar refractivity (Wildman–Crippen MR) is 80.5 cm³/mol. The number of hydrogen-bond donors (Lipinski definition) is 0. The molecule has 0 aromatic heterocycles. The van der Waals surface area contributed by atoms with Gasteiger partial charge in [0.2, 0.25) is 0 Å². The van der Waals surface area contributed by atoms with Crippen LogP contribution in [0.2, 0.25) is 0 Å². The van der Waals surface area contributed by atoms with Crippen LogP contribution in [-0.2, 0) is 0 Å². The summed E-state index contributed by atoms with van der Waals surface area (Å²) in [7, 11) is 4.26. The maximum atomic E-state index is 2.31. The molecule has 17 heavy (non-hydrogen) atoms. The summed E-state index contributed by atoms with van der Waals surface area (Å²) in [5, 5.41) is 0. The van der Waals surface area contributed by atoms with Gasteiger partial charge in [0.25, 0.3) is 0 Å². The molecule has 1 atom stereocenters. The predicted octanol–water partition coefficient (Wildman–Crippen LogP) is 4.62. The van der Waals surface area contributed by atoms with Gasteiger partial charge in [-0.2, -0.15) is 0 Å². The van der Waals surface area contributed by atoms with Gasteiger partial charge in [0.1, 0.15) is 0 Å². The molecule has 1 nitrogen and oxygen atoms in total. The van der Waals surface area contributed by atoms with Gasteiger partial charge in [0, 0.05) is 6.54 Å². The van der Waals surface area contributed by atoms with Gasteiger partial charge in [-0.15, -0.1) is 0 Å². The van der Waals surface area contributed by atoms with Crippen molar-refractivity contribution in [3.8, 4) is 0 Å². The lowest BCUT2D eigenvalue weighted by Gasteiger charge is -2.15. The lowest BCUT2D eigenvalue weighted by atomic mass is 10.1. The second-order valence-corrected chi connectivity index (χ2v) is 4.81. The zero-order chi connectivity index (χ0) is 12.4. The summed E-state index contributed by atoms with van der Waals surface area (Å²) in [5.74, 6) is 0.866. The number of nitrogens with zero attached hydrogens (tertiary/aromatic N) is 1. The molecule has 1 rings (SSSR count). The molecule has 1 aromatic carbocycles. The minimum absolute atomic E-state index is 0. The van der Waals surface area contributed by atoms with E-state index in [1.54, 1.807) is 0 Å². The number of benzene rings is 1. The summed E-state index contributed by atoms with van der Waals surface area (Å²) in [6.07, 6.45) is 2.67. The lowest BCUT2D eigenvalue weighted by Crippen LogP contribution is -2.19. The van der Waals surface area contributed by atoms with Crippen molar-refractivity contribution >= 4 is 0 Å². The van der Waals surface area contributed by atoms with Crippen molar-refractivity contribution in [1.82, 2.24) is 4.90 Å². The zero-order valence-corrected chi connectivity index (χ0v) is 11.5. The van der Waals surface area contributed by atoms with Gasteiger partial charge in [-0.1, -0.05) is 63.6 Å². The minimum Gasteiger partial charge on any atom is -0.309 e. The Morgan fingerprint density at radius 3 is 1.94 bits per heavy atom. The Morgan fingerprint density at radius 1 is 1.12 bits per heavy atom. The Labute approximate surface area is 109 Å². The highest BCUT2D eigenvalue weighted by Crippen LogP contribution is 2.04. The van der Waals surface area contributed by atoms with Gasteiger partial charge < -0.3 is 4.90 Å². The van der Waals surface area contributed by atoms with E-state index in [2.05, 4.69) is 51.9 Å². The van der Waals surface area contributed by atoms with Crippen molar-refractivity contribution in [3.05, 3.63) is 35.9 Å². The molecule has 0 aliphatic rings. The molecular formula is C16H31N. The first-order valence-electron chi connectivity index (χ1n) is 6.22. The van der Waals surface area contributed by atoms with Crippen molar-refractivity contribution in [2.75, 3.05) is 20.6 Å². The molecule has 0 heterocycles. The zero-order valence-electron chi connectivity index (χ0n) is 11.5. The Balaban J connectivity index is 0. The van der Waals surface area contributed by atoms with Crippen LogP contribution in [0, 0.1) is 12.8 Å². The minimum atomic E-state index is 0.